The van der Waals surface area contributed by atoms with Crippen LogP contribution in [0.25, 0.3) is 11.1 Å². The molecule has 1 N–H and O–H groups in total. The molecule has 0 radical (unpaired) electrons. The Kier molecular flexibility index (Phi) is 5.52. The normalized spacial score (nSPS) is 11.6. The van der Waals surface area contributed by atoms with E-state index in [4.69, 9.17) is 4.74 Å². The summed E-state index contributed by atoms with van der Waals surface area (Å²) in [6.07, 6.45) is 0.793. The van der Waals surface area contributed by atoms with Crippen molar-refractivity contribution in [1.29, 1.82) is 0 Å². The molecule has 2 aromatic carbocycles. The van der Waals surface area contributed by atoms with Gasteiger partial charge in [-0.25, -0.2) is 4.79 Å². The summed E-state index contributed by atoms with van der Waals surface area (Å²) in [5, 5.41) is 2.88. The average Bonchev–Trinajstić information content (AvgIpc) is 2.54. The van der Waals surface area contributed by atoms with Crippen molar-refractivity contribution in [3.8, 4) is 11.1 Å². The minimum Gasteiger partial charge on any atom is -0.465 e. The van der Waals surface area contributed by atoms with E-state index >= 15 is 0 Å². The van der Waals surface area contributed by atoms with Gasteiger partial charge in [-0.1, -0.05) is 36.4 Å². The van der Waals surface area contributed by atoms with Crippen LogP contribution in [0.15, 0.2) is 48.5 Å². The predicted molar refractivity (Wildman–Crippen MR) is 90.2 cm³/mol. The molecule has 120 valence electrons. The highest BCUT2D eigenvalue weighted by molar-refractivity contribution is 5.89. The highest BCUT2D eigenvalue weighted by atomic mass is 16.5. The van der Waals surface area contributed by atoms with Gasteiger partial charge in [0.25, 0.3) is 0 Å². The summed E-state index contributed by atoms with van der Waals surface area (Å²) in [6, 6.07) is 15.6. The number of benzene rings is 2. The highest BCUT2D eigenvalue weighted by Crippen LogP contribution is 2.21. The SMILES string of the molecule is COC(=O)c1ccc(-c2ccc(CC(C)NC(C)=O)cc2)cc1. The first-order valence-corrected chi connectivity index (χ1v) is 7.54. The third kappa shape index (κ3) is 4.68. The summed E-state index contributed by atoms with van der Waals surface area (Å²) >= 11 is 0. The van der Waals surface area contributed by atoms with Crippen LogP contribution in [0, 0.1) is 0 Å². The molecule has 0 spiro atoms. The molecule has 1 atom stereocenters. The van der Waals surface area contributed by atoms with E-state index in [1.165, 1.54) is 19.6 Å². The summed E-state index contributed by atoms with van der Waals surface area (Å²) in [6.45, 7) is 3.51. The minimum atomic E-state index is -0.334. The first kappa shape index (κ1) is 16.7. The fourth-order valence-corrected chi connectivity index (χ4v) is 2.50. The maximum atomic E-state index is 11.4. The third-order valence-corrected chi connectivity index (χ3v) is 3.58. The topological polar surface area (TPSA) is 55.4 Å². The van der Waals surface area contributed by atoms with Gasteiger partial charge in [-0.05, 0) is 42.2 Å². The molecule has 0 aromatic heterocycles. The maximum Gasteiger partial charge on any atom is 0.337 e. The van der Waals surface area contributed by atoms with Crippen LogP contribution in [0.2, 0.25) is 0 Å². The lowest BCUT2D eigenvalue weighted by Gasteiger charge is -2.12. The molecular weight excluding hydrogens is 290 g/mol. The number of hydrogen-bond acceptors (Lipinski definition) is 3. The lowest BCUT2D eigenvalue weighted by molar-refractivity contribution is -0.119. The van der Waals surface area contributed by atoms with Gasteiger partial charge in [-0.2, -0.15) is 0 Å². The summed E-state index contributed by atoms with van der Waals surface area (Å²) in [7, 11) is 1.37. The summed E-state index contributed by atoms with van der Waals surface area (Å²) < 4.78 is 4.69. The molecule has 0 bridgehead atoms. The largest absolute Gasteiger partial charge is 0.465 e. The van der Waals surface area contributed by atoms with Gasteiger partial charge in [0.2, 0.25) is 5.91 Å². The van der Waals surface area contributed by atoms with Crippen LogP contribution < -0.4 is 5.32 Å². The molecule has 1 amide bonds. The molecule has 0 aliphatic rings. The fourth-order valence-electron chi connectivity index (χ4n) is 2.50. The molecule has 0 saturated heterocycles. The van der Waals surface area contributed by atoms with Crippen LogP contribution in [0.5, 0.6) is 0 Å². The van der Waals surface area contributed by atoms with E-state index in [0.717, 1.165) is 17.5 Å². The van der Waals surface area contributed by atoms with Crippen LogP contribution >= 0.6 is 0 Å². The monoisotopic (exact) mass is 311 g/mol. The van der Waals surface area contributed by atoms with Gasteiger partial charge in [-0.3, -0.25) is 4.79 Å². The zero-order valence-corrected chi connectivity index (χ0v) is 13.6. The summed E-state index contributed by atoms with van der Waals surface area (Å²) in [4.78, 5) is 22.5. The Bertz CT molecular complexity index is 675. The van der Waals surface area contributed by atoms with Crippen LogP contribution in [0.4, 0.5) is 0 Å². The lowest BCUT2D eigenvalue weighted by Crippen LogP contribution is -2.31. The number of carbonyl (C=O) groups is 2. The maximum absolute atomic E-state index is 11.4. The summed E-state index contributed by atoms with van der Waals surface area (Å²) in [5.74, 6) is -0.348. The Labute approximate surface area is 136 Å². The predicted octanol–water partition coefficient (Wildman–Crippen LogP) is 3.21. The highest BCUT2D eigenvalue weighted by Gasteiger charge is 2.07. The number of ether oxygens (including phenoxy) is 1. The van der Waals surface area contributed by atoms with E-state index in [1.54, 1.807) is 12.1 Å². The second kappa shape index (κ2) is 7.58. The van der Waals surface area contributed by atoms with E-state index in [1.807, 2.05) is 31.2 Å². The van der Waals surface area contributed by atoms with Gasteiger partial charge < -0.3 is 10.1 Å². The molecule has 0 saturated carbocycles. The molecule has 23 heavy (non-hydrogen) atoms. The van der Waals surface area contributed by atoms with Gasteiger partial charge in [0.1, 0.15) is 0 Å². The van der Waals surface area contributed by atoms with E-state index in [-0.39, 0.29) is 17.9 Å². The number of amides is 1. The van der Waals surface area contributed by atoms with Gasteiger partial charge >= 0.3 is 5.97 Å². The Hall–Kier alpha value is -2.62. The number of carbonyl (C=O) groups excluding carboxylic acids is 2. The molecule has 2 rings (SSSR count). The van der Waals surface area contributed by atoms with E-state index < -0.39 is 0 Å². The molecule has 4 heteroatoms. The van der Waals surface area contributed by atoms with Gasteiger partial charge in [0, 0.05) is 13.0 Å². The molecule has 0 aliphatic heterocycles. The molecule has 2 aromatic rings. The van der Waals surface area contributed by atoms with E-state index in [0.29, 0.717) is 5.56 Å². The summed E-state index contributed by atoms with van der Waals surface area (Å²) in [5.41, 5.74) is 3.83. The lowest BCUT2D eigenvalue weighted by atomic mass is 10.0. The van der Waals surface area contributed by atoms with Crippen molar-refractivity contribution in [2.75, 3.05) is 7.11 Å². The molecule has 0 heterocycles. The molecule has 0 aliphatic carbocycles. The second-order valence-corrected chi connectivity index (χ2v) is 5.57. The van der Waals surface area contributed by atoms with Crippen molar-refractivity contribution in [3.05, 3.63) is 59.7 Å². The zero-order valence-electron chi connectivity index (χ0n) is 13.6. The third-order valence-electron chi connectivity index (χ3n) is 3.58. The smallest absolute Gasteiger partial charge is 0.337 e. The van der Waals surface area contributed by atoms with Gasteiger partial charge in [0.05, 0.1) is 12.7 Å². The van der Waals surface area contributed by atoms with Crippen LogP contribution in [0.3, 0.4) is 0 Å². The van der Waals surface area contributed by atoms with Crippen molar-refractivity contribution < 1.29 is 14.3 Å². The first-order chi connectivity index (χ1) is 11.0. The molecule has 1 unspecified atom stereocenters. The number of nitrogens with one attached hydrogen (secondary N) is 1. The molecule has 0 fully saturated rings. The average molecular weight is 311 g/mol. The van der Waals surface area contributed by atoms with Crippen molar-refractivity contribution in [1.82, 2.24) is 5.32 Å². The van der Waals surface area contributed by atoms with Crippen LogP contribution in [-0.2, 0) is 16.0 Å². The van der Waals surface area contributed by atoms with Crippen molar-refractivity contribution >= 4 is 11.9 Å². The van der Waals surface area contributed by atoms with E-state index in [9.17, 15) is 9.59 Å². The Morgan fingerprint density at radius 2 is 1.52 bits per heavy atom. The van der Waals surface area contributed by atoms with Crippen molar-refractivity contribution in [2.24, 2.45) is 0 Å². The Balaban J connectivity index is 2.07. The zero-order chi connectivity index (χ0) is 16.8. The quantitative estimate of drug-likeness (QED) is 0.863. The second-order valence-electron chi connectivity index (χ2n) is 5.57. The van der Waals surface area contributed by atoms with Crippen molar-refractivity contribution in [3.63, 3.8) is 0 Å². The number of rotatable bonds is 5. The van der Waals surface area contributed by atoms with Crippen molar-refractivity contribution in [2.45, 2.75) is 26.3 Å². The van der Waals surface area contributed by atoms with Gasteiger partial charge in [0.15, 0.2) is 0 Å². The first-order valence-electron chi connectivity index (χ1n) is 7.54. The molecule has 4 nitrogen and oxygen atoms in total. The Morgan fingerprint density at radius 3 is 2.00 bits per heavy atom. The molecular formula is C19H21NO3. The van der Waals surface area contributed by atoms with Gasteiger partial charge in [-0.15, -0.1) is 0 Å². The van der Waals surface area contributed by atoms with E-state index in [2.05, 4.69) is 17.4 Å². The number of methoxy groups -OCH3 is 1. The number of esters is 1. The number of hydrogen-bond donors (Lipinski definition) is 1. The Morgan fingerprint density at radius 1 is 1.00 bits per heavy atom. The minimum absolute atomic E-state index is 0.0141. The standard InChI is InChI=1S/C19H21NO3/c1-13(20-14(2)21)12-15-4-6-16(7-5-15)17-8-10-18(11-9-17)19(22)23-3/h4-11,13H,12H2,1-3H3,(H,20,21). The fraction of sp³-hybridized carbons (Fsp3) is 0.263. The van der Waals surface area contributed by atoms with Crippen LogP contribution in [0.1, 0.15) is 29.8 Å². The van der Waals surface area contributed by atoms with Crippen LogP contribution in [-0.4, -0.2) is 25.0 Å².